The fraction of sp³-hybridized carbons (Fsp3) is 0.235. The van der Waals surface area contributed by atoms with E-state index in [4.69, 9.17) is 0 Å². The first kappa shape index (κ1) is 16.2. The highest BCUT2D eigenvalue weighted by atomic mass is 19.4. The number of rotatable bonds is 3. The number of carbonyl (C=O) groups excluding carboxylic acids is 1. The van der Waals surface area contributed by atoms with Crippen molar-refractivity contribution in [2.24, 2.45) is 0 Å². The largest absolute Gasteiger partial charge is 0.573 e. The summed E-state index contributed by atoms with van der Waals surface area (Å²) in [6.07, 6.45) is -4.74. The lowest BCUT2D eigenvalue weighted by Gasteiger charge is -2.21. The van der Waals surface area contributed by atoms with Crippen LogP contribution in [0.4, 0.5) is 18.9 Å². The number of amides is 1. The predicted molar refractivity (Wildman–Crippen MR) is 82.3 cm³/mol. The Morgan fingerprint density at radius 3 is 2.58 bits per heavy atom. The number of nitrogens with zero attached hydrogens (tertiary/aromatic N) is 1. The first-order chi connectivity index (χ1) is 11.4. The first-order valence-electron chi connectivity index (χ1n) is 7.35. The zero-order valence-corrected chi connectivity index (χ0v) is 12.6. The van der Waals surface area contributed by atoms with Gasteiger partial charge in [0, 0.05) is 18.8 Å². The summed E-state index contributed by atoms with van der Waals surface area (Å²) < 4.78 is 41.1. The second-order valence-corrected chi connectivity index (χ2v) is 5.46. The zero-order chi connectivity index (χ0) is 17.2. The van der Waals surface area contributed by atoms with Crippen LogP contribution in [-0.4, -0.2) is 23.7 Å². The number of ether oxygens (including phenoxy) is 1. The van der Waals surface area contributed by atoms with Crippen LogP contribution < -0.4 is 10.1 Å². The quantitative estimate of drug-likeness (QED) is 0.932. The van der Waals surface area contributed by atoms with Crippen molar-refractivity contribution in [3.8, 4) is 5.75 Å². The Balaban J connectivity index is 1.83. The van der Waals surface area contributed by atoms with Gasteiger partial charge in [-0.15, -0.1) is 13.2 Å². The van der Waals surface area contributed by atoms with Gasteiger partial charge in [0.15, 0.2) is 0 Å². The van der Waals surface area contributed by atoms with Crippen molar-refractivity contribution in [1.82, 2.24) is 4.90 Å². The number of halogens is 3. The van der Waals surface area contributed by atoms with Crippen molar-refractivity contribution in [1.29, 1.82) is 0 Å². The molecule has 0 aliphatic carbocycles. The molecule has 7 heteroatoms. The molecular formula is C17H15F3N2O2. The molecule has 2 aromatic carbocycles. The topological polar surface area (TPSA) is 41.6 Å². The highest BCUT2D eigenvalue weighted by Crippen LogP contribution is 2.29. The maximum absolute atomic E-state index is 12.4. The molecule has 1 N–H and O–H groups in total. The van der Waals surface area contributed by atoms with Crippen LogP contribution in [0.5, 0.6) is 5.75 Å². The van der Waals surface area contributed by atoms with Gasteiger partial charge in [-0.2, -0.15) is 0 Å². The van der Waals surface area contributed by atoms with Crippen molar-refractivity contribution in [3.63, 3.8) is 0 Å². The number of fused-ring (bicyclic) bond motifs is 1. The molecule has 0 bridgehead atoms. The van der Waals surface area contributed by atoms with Crippen molar-refractivity contribution in [2.45, 2.75) is 19.5 Å². The second kappa shape index (κ2) is 6.43. The van der Waals surface area contributed by atoms with Gasteiger partial charge in [-0.25, -0.2) is 0 Å². The highest BCUT2D eigenvalue weighted by Gasteiger charge is 2.31. The molecular weight excluding hydrogens is 321 g/mol. The Morgan fingerprint density at radius 1 is 1.12 bits per heavy atom. The van der Waals surface area contributed by atoms with E-state index in [1.807, 2.05) is 30.3 Å². The summed E-state index contributed by atoms with van der Waals surface area (Å²) in [5, 5.41) is 2.95. The smallest absolute Gasteiger partial charge is 0.406 e. The molecule has 126 valence electrons. The van der Waals surface area contributed by atoms with Gasteiger partial charge < -0.3 is 15.0 Å². The molecule has 0 unspecified atom stereocenters. The van der Waals surface area contributed by atoms with Crippen molar-refractivity contribution < 1.29 is 22.7 Å². The van der Waals surface area contributed by atoms with Crippen LogP contribution in [0.15, 0.2) is 48.5 Å². The van der Waals surface area contributed by atoms with E-state index in [9.17, 15) is 18.0 Å². The minimum absolute atomic E-state index is 0.0965. The van der Waals surface area contributed by atoms with Gasteiger partial charge in [-0.05, 0) is 29.3 Å². The number of carbonyl (C=O) groups is 1. The molecule has 2 aromatic rings. The molecule has 1 aliphatic heterocycles. The molecule has 0 spiro atoms. The van der Waals surface area contributed by atoms with Crippen molar-refractivity contribution >= 4 is 11.6 Å². The lowest BCUT2D eigenvalue weighted by Crippen LogP contribution is -2.32. The zero-order valence-electron chi connectivity index (χ0n) is 12.6. The predicted octanol–water partition coefficient (Wildman–Crippen LogP) is 3.54. The maximum atomic E-state index is 12.4. The van der Waals surface area contributed by atoms with E-state index < -0.39 is 6.36 Å². The second-order valence-electron chi connectivity index (χ2n) is 5.46. The number of hydrogen-bond donors (Lipinski definition) is 1. The third-order valence-corrected chi connectivity index (χ3v) is 3.67. The summed E-state index contributed by atoms with van der Waals surface area (Å²) in [7, 11) is 0. The molecule has 0 radical (unpaired) electrons. The van der Waals surface area contributed by atoms with Gasteiger partial charge in [-0.3, -0.25) is 4.79 Å². The molecule has 1 aliphatic rings. The monoisotopic (exact) mass is 336 g/mol. The van der Waals surface area contributed by atoms with Gasteiger partial charge in [-0.1, -0.05) is 30.3 Å². The third kappa shape index (κ3) is 3.98. The highest BCUT2D eigenvalue weighted by molar-refractivity contribution is 5.82. The molecule has 4 nitrogen and oxygen atoms in total. The molecule has 1 amide bonds. The van der Waals surface area contributed by atoms with E-state index >= 15 is 0 Å². The van der Waals surface area contributed by atoms with Gasteiger partial charge in [0.1, 0.15) is 5.75 Å². The van der Waals surface area contributed by atoms with Crippen LogP contribution >= 0.6 is 0 Å². The maximum Gasteiger partial charge on any atom is 0.573 e. The summed E-state index contributed by atoms with van der Waals surface area (Å²) in [5.41, 5.74) is 2.17. The van der Waals surface area contributed by atoms with Crippen LogP contribution in [0.25, 0.3) is 0 Å². The van der Waals surface area contributed by atoms with Crippen LogP contribution in [0.1, 0.15) is 11.1 Å². The number of benzene rings is 2. The minimum Gasteiger partial charge on any atom is -0.406 e. The summed E-state index contributed by atoms with van der Waals surface area (Å²) in [5.74, 6) is -0.412. The Morgan fingerprint density at radius 2 is 1.88 bits per heavy atom. The molecule has 0 saturated heterocycles. The summed E-state index contributed by atoms with van der Waals surface area (Å²) >= 11 is 0. The average Bonchev–Trinajstić information content (AvgIpc) is 2.66. The van der Waals surface area contributed by atoms with E-state index in [0.29, 0.717) is 17.8 Å². The normalized spacial score (nSPS) is 14.6. The van der Waals surface area contributed by atoms with Crippen molar-refractivity contribution in [3.05, 3.63) is 59.7 Å². The summed E-state index contributed by atoms with van der Waals surface area (Å²) in [4.78, 5) is 13.9. The fourth-order valence-electron chi connectivity index (χ4n) is 2.59. The van der Waals surface area contributed by atoms with Crippen molar-refractivity contribution in [2.75, 3.05) is 11.9 Å². The number of hydrogen-bond acceptors (Lipinski definition) is 3. The lowest BCUT2D eigenvalue weighted by molar-refractivity contribution is -0.274. The van der Waals surface area contributed by atoms with Crippen LogP contribution in [0.2, 0.25) is 0 Å². The molecule has 0 saturated carbocycles. The van der Waals surface area contributed by atoms with Gasteiger partial charge in [0.2, 0.25) is 5.91 Å². The van der Waals surface area contributed by atoms with Gasteiger partial charge >= 0.3 is 6.36 Å². The Labute approximate surface area is 136 Å². The van der Waals surface area contributed by atoms with E-state index in [1.54, 1.807) is 4.90 Å². The Bertz CT molecular complexity index is 732. The third-order valence-electron chi connectivity index (χ3n) is 3.67. The molecule has 24 heavy (non-hydrogen) atoms. The SMILES string of the molecule is O=C1CNc2ccc(OC(F)(F)F)cc2CN1Cc1ccccc1. The minimum atomic E-state index is -4.74. The molecule has 3 rings (SSSR count). The molecule has 0 fully saturated rings. The Kier molecular flexibility index (Phi) is 4.33. The van der Waals surface area contributed by atoms with E-state index in [1.165, 1.54) is 18.2 Å². The van der Waals surface area contributed by atoms with E-state index in [0.717, 1.165) is 5.56 Å². The lowest BCUT2D eigenvalue weighted by atomic mass is 10.1. The van der Waals surface area contributed by atoms with Gasteiger partial charge in [0.05, 0.1) is 6.54 Å². The molecule has 1 heterocycles. The number of alkyl halides is 3. The fourth-order valence-corrected chi connectivity index (χ4v) is 2.59. The van der Waals surface area contributed by atoms with E-state index in [2.05, 4.69) is 10.1 Å². The van der Waals surface area contributed by atoms with Crippen LogP contribution in [-0.2, 0) is 17.9 Å². The number of anilines is 1. The van der Waals surface area contributed by atoms with Gasteiger partial charge in [0.25, 0.3) is 0 Å². The first-order valence-corrected chi connectivity index (χ1v) is 7.35. The average molecular weight is 336 g/mol. The van der Waals surface area contributed by atoms with Crippen LogP contribution in [0.3, 0.4) is 0 Å². The van der Waals surface area contributed by atoms with Crippen LogP contribution in [0, 0.1) is 0 Å². The molecule has 0 atom stereocenters. The van der Waals surface area contributed by atoms with E-state index in [-0.39, 0.29) is 24.7 Å². The standard InChI is InChI=1S/C17H15F3N2O2/c18-17(19,20)24-14-6-7-15-13(8-14)11-22(16(23)9-21-15)10-12-4-2-1-3-5-12/h1-8,21H,9-11H2. The molecule has 0 aromatic heterocycles. The Hall–Kier alpha value is -2.70. The summed E-state index contributed by atoms with van der Waals surface area (Å²) in [6, 6.07) is 13.5. The summed E-state index contributed by atoms with van der Waals surface area (Å²) in [6.45, 7) is 0.704. The number of nitrogens with one attached hydrogen (secondary N) is 1.